The highest BCUT2D eigenvalue weighted by molar-refractivity contribution is 5.79. The van der Waals surface area contributed by atoms with Crippen molar-refractivity contribution in [2.24, 2.45) is 0 Å². The van der Waals surface area contributed by atoms with Crippen molar-refractivity contribution in [3.8, 4) is 5.75 Å². The van der Waals surface area contributed by atoms with Crippen LogP contribution in [-0.4, -0.2) is 68.4 Å². The maximum atomic E-state index is 12.6. The Morgan fingerprint density at radius 3 is 2.41 bits per heavy atom. The first-order chi connectivity index (χ1) is 13.0. The van der Waals surface area contributed by atoms with Gasteiger partial charge in [0.15, 0.2) is 11.6 Å². The van der Waals surface area contributed by atoms with Crippen molar-refractivity contribution in [2.75, 3.05) is 57.2 Å². The summed E-state index contributed by atoms with van der Waals surface area (Å²) in [5.74, 6) is 2.70. The van der Waals surface area contributed by atoms with Crippen molar-refractivity contribution in [3.05, 3.63) is 41.5 Å². The first-order valence-electron chi connectivity index (χ1n) is 9.15. The standard InChI is InChI=1S/C20H27N5O2/c1-15-13-16(5-6-17(15)27-4)14-20(26)25-11-9-24(10-12-25)19-8-7-18(21-22-19)23(2)3/h5-8,13H,9-12,14H2,1-4H3. The summed E-state index contributed by atoms with van der Waals surface area (Å²) in [6.07, 6.45) is 0.419. The van der Waals surface area contributed by atoms with Gasteiger partial charge in [0.25, 0.3) is 0 Å². The number of nitrogens with zero attached hydrogens (tertiary/aromatic N) is 5. The predicted molar refractivity (Wildman–Crippen MR) is 107 cm³/mol. The van der Waals surface area contributed by atoms with Crippen LogP contribution in [0.4, 0.5) is 11.6 Å². The quantitative estimate of drug-likeness (QED) is 0.800. The summed E-state index contributed by atoms with van der Waals surface area (Å²) < 4.78 is 5.28. The van der Waals surface area contributed by atoms with Gasteiger partial charge in [0.2, 0.25) is 5.91 Å². The summed E-state index contributed by atoms with van der Waals surface area (Å²) in [5.41, 5.74) is 2.07. The number of anilines is 2. The minimum absolute atomic E-state index is 0.160. The topological polar surface area (TPSA) is 61.8 Å². The second kappa shape index (κ2) is 8.24. The van der Waals surface area contributed by atoms with E-state index >= 15 is 0 Å². The van der Waals surface area contributed by atoms with Crippen LogP contribution in [-0.2, 0) is 11.2 Å². The maximum absolute atomic E-state index is 12.6. The molecule has 1 fully saturated rings. The Labute approximate surface area is 160 Å². The number of carbonyl (C=O) groups is 1. The molecule has 1 aromatic heterocycles. The molecule has 0 spiro atoms. The number of ether oxygens (including phenoxy) is 1. The molecule has 1 saturated heterocycles. The van der Waals surface area contributed by atoms with Crippen molar-refractivity contribution in [1.82, 2.24) is 15.1 Å². The molecule has 1 aliphatic heterocycles. The lowest BCUT2D eigenvalue weighted by Crippen LogP contribution is -2.49. The molecule has 27 heavy (non-hydrogen) atoms. The first-order valence-corrected chi connectivity index (χ1v) is 9.15. The van der Waals surface area contributed by atoms with Crippen LogP contribution in [0, 0.1) is 6.92 Å². The molecule has 0 saturated carbocycles. The average Bonchev–Trinajstić information content (AvgIpc) is 2.68. The molecule has 1 aliphatic rings. The highest BCUT2D eigenvalue weighted by atomic mass is 16.5. The number of methoxy groups -OCH3 is 1. The second-order valence-corrected chi connectivity index (χ2v) is 6.99. The van der Waals surface area contributed by atoms with Crippen molar-refractivity contribution in [1.29, 1.82) is 0 Å². The van der Waals surface area contributed by atoms with Crippen LogP contribution in [0.1, 0.15) is 11.1 Å². The number of hydrogen-bond acceptors (Lipinski definition) is 6. The molecule has 0 atom stereocenters. The van der Waals surface area contributed by atoms with Crippen LogP contribution in [0.25, 0.3) is 0 Å². The maximum Gasteiger partial charge on any atom is 0.227 e. The van der Waals surface area contributed by atoms with E-state index in [1.165, 1.54) is 0 Å². The molecule has 2 heterocycles. The van der Waals surface area contributed by atoms with E-state index in [-0.39, 0.29) is 5.91 Å². The number of carbonyl (C=O) groups excluding carboxylic acids is 1. The smallest absolute Gasteiger partial charge is 0.227 e. The molecule has 7 heteroatoms. The van der Waals surface area contributed by atoms with E-state index in [4.69, 9.17) is 4.74 Å². The molecule has 7 nitrogen and oxygen atoms in total. The van der Waals surface area contributed by atoms with Gasteiger partial charge in [0.05, 0.1) is 13.5 Å². The molecule has 0 N–H and O–H groups in total. The summed E-state index contributed by atoms with van der Waals surface area (Å²) in [6.45, 7) is 4.93. The number of rotatable bonds is 5. The zero-order chi connectivity index (χ0) is 19.4. The molecule has 0 radical (unpaired) electrons. The fourth-order valence-corrected chi connectivity index (χ4v) is 3.25. The van der Waals surface area contributed by atoms with Crippen LogP contribution >= 0.6 is 0 Å². The number of aromatic nitrogens is 2. The third-order valence-corrected chi connectivity index (χ3v) is 4.87. The number of piperazine rings is 1. The number of benzene rings is 1. The van der Waals surface area contributed by atoms with Crippen LogP contribution in [0.3, 0.4) is 0 Å². The molecule has 1 amide bonds. The van der Waals surface area contributed by atoms with E-state index in [2.05, 4.69) is 15.1 Å². The minimum Gasteiger partial charge on any atom is -0.496 e. The molecule has 0 unspecified atom stereocenters. The van der Waals surface area contributed by atoms with Gasteiger partial charge in [-0.3, -0.25) is 4.79 Å². The highest BCUT2D eigenvalue weighted by Crippen LogP contribution is 2.20. The zero-order valence-corrected chi connectivity index (χ0v) is 16.5. The first kappa shape index (κ1) is 18.9. The summed E-state index contributed by atoms with van der Waals surface area (Å²) >= 11 is 0. The van der Waals surface area contributed by atoms with Gasteiger partial charge in [-0.2, -0.15) is 0 Å². The number of hydrogen-bond donors (Lipinski definition) is 0. The molecule has 1 aromatic carbocycles. The predicted octanol–water partition coefficient (Wildman–Crippen LogP) is 1.75. The molecule has 0 bridgehead atoms. The van der Waals surface area contributed by atoms with E-state index in [9.17, 15) is 4.79 Å². The van der Waals surface area contributed by atoms with Crippen LogP contribution in [0.15, 0.2) is 30.3 Å². The lowest BCUT2D eigenvalue weighted by atomic mass is 10.1. The summed E-state index contributed by atoms with van der Waals surface area (Å²) in [6, 6.07) is 9.86. The summed E-state index contributed by atoms with van der Waals surface area (Å²) in [7, 11) is 5.54. The van der Waals surface area contributed by atoms with Crippen LogP contribution < -0.4 is 14.5 Å². The van der Waals surface area contributed by atoms with Crippen molar-refractivity contribution in [3.63, 3.8) is 0 Å². The Kier molecular flexibility index (Phi) is 5.78. The molecule has 3 rings (SSSR count). The van der Waals surface area contributed by atoms with E-state index in [0.717, 1.165) is 41.6 Å². The van der Waals surface area contributed by atoms with Crippen molar-refractivity contribution in [2.45, 2.75) is 13.3 Å². The molecule has 2 aromatic rings. The Morgan fingerprint density at radius 2 is 1.85 bits per heavy atom. The second-order valence-electron chi connectivity index (χ2n) is 6.99. The van der Waals surface area contributed by atoms with Gasteiger partial charge < -0.3 is 19.4 Å². The normalized spacial score (nSPS) is 14.2. The average molecular weight is 369 g/mol. The number of amides is 1. The SMILES string of the molecule is COc1ccc(CC(=O)N2CCN(c3ccc(N(C)C)nn3)CC2)cc1C. The lowest BCUT2D eigenvalue weighted by Gasteiger charge is -2.35. The van der Waals surface area contributed by atoms with Gasteiger partial charge in [-0.25, -0.2) is 0 Å². The van der Waals surface area contributed by atoms with E-state index < -0.39 is 0 Å². The molecular weight excluding hydrogens is 342 g/mol. The Bertz CT molecular complexity index is 783. The lowest BCUT2D eigenvalue weighted by molar-refractivity contribution is -0.130. The van der Waals surface area contributed by atoms with E-state index in [1.54, 1.807) is 7.11 Å². The van der Waals surface area contributed by atoms with Crippen molar-refractivity contribution < 1.29 is 9.53 Å². The Hall–Kier alpha value is -2.83. The van der Waals surface area contributed by atoms with Gasteiger partial charge in [0, 0.05) is 40.3 Å². The fourth-order valence-electron chi connectivity index (χ4n) is 3.25. The van der Waals surface area contributed by atoms with Gasteiger partial charge in [-0.1, -0.05) is 12.1 Å². The number of aryl methyl sites for hydroxylation is 1. The van der Waals surface area contributed by atoms with Crippen LogP contribution in [0.2, 0.25) is 0 Å². The zero-order valence-electron chi connectivity index (χ0n) is 16.5. The third kappa shape index (κ3) is 4.48. The van der Waals surface area contributed by atoms with Gasteiger partial charge in [-0.05, 0) is 36.2 Å². The van der Waals surface area contributed by atoms with Crippen LogP contribution in [0.5, 0.6) is 5.75 Å². The Balaban J connectivity index is 1.55. The van der Waals surface area contributed by atoms with Gasteiger partial charge in [-0.15, -0.1) is 10.2 Å². The summed E-state index contributed by atoms with van der Waals surface area (Å²) in [5, 5.41) is 8.54. The van der Waals surface area contributed by atoms with Gasteiger partial charge >= 0.3 is 0 Å². The highest BCUT2D eigenvalue weighted by Gasteiger charge is 2.22. The monoisotopic (exact) mass is 369 g/mol. The molecule has 144 valence electrons. The van der Waals surface area contributed by atoms with Gasteiger partial charge in [0.1, 0.15) is 5.75 Å². The van der Waals surface area contributed by atoms with Crippen molar-refractivity contribution >= 4 is 17.5 Å². The third-order valence-electron chi connectivity index (χ3n) is 4.87. The fraction of sp³-hybridized carbons (Fsp3) is 0.450. The summed E-state index contributed by atoms with van der Waals surface area (Å²) in [4.78, 5) is 18.7. The van der Waals surface area contributed by atoms with E-state index in [0.29, 0.717) is 19.5 Å². The Morgan fingerprint density at radius 1 is 1.11 bits per heavy atom. The molecule has 0 aliphatic carbocycles. The largest absolute Gasteiger partial charge is 0.496 e. The van der Waals surface area contributed by atoms with E-state index in [1.807, 2.05) is 61.2 Å². The molecular formula is C20H27N5O2. The minimum atomic E-state index is 0.160.